The van der Waals surface area contributed by atoms with E-state index in [9.17, 15) is 5.26 Å². The van der Waals surface area contributed by atoms with E-state index in [1.807, 2.05) is 0 Å². The predicted octanol–water partition coefficient (Wildman–Crippen LogP) is 7.00. The Balaban J connectivity index is 1.38. The van der Waals surface area contributed by atoms with Crippen molar-refractivity contribution < 1.29 is 9.47 Å². The second kappa shape index (κ2) is 9.33. The van der Waals surface area contributed by atoms with E-state index in [1.165, 1.54) is 16.7 Å². The van der Waals surface area contributed by atoms with Crippen LogP contribution < -0.4 is 0 Å². The van der Waals surface area contributed by atoms with E-state index >= 15 is 0 Å². The second-order valence-corrected chi connectivity index (χ2v) is 9.04. The molecule has 0 aromatic heterocycles. The highest BCUT2D eigenvalue weighted by molar-refractivity contribution is 5.64. The summed E-state index contributed by atoms with van der Waals surface area (Å²) in [5.41, 5.74) is 4.86. The Kier molecular flexibility index (Phi) is 6.56. The van der Waals surface area contributed by atoms with Gasteiger partial charge in [0.2, 0.25) is 0 Å². The third-order valence-electron chi connectivity index (χ3n) is 7.30. The monoisotopic (exact) mass is 403 g/mol. The van der Waals surface area contributed by atoms with Crippen molar-refractivity contribution in [3.05, 3.63) is 59.7 Å². The summed E-state index contributed by atoms with van der Waals surface area (Å²) in [6.07, 6.45) is 6.13. The minimum absolute atomic E-state index is 0.0819. The summed E-state index contributed by atoms with van der Waals surface area (Å²) in [7, 11) is 0. The van der Waals surface area contributed by atoms with Gasteiger partial charge in [-0.1, -0.05) is 62.4 Å². The lowest BCUT2D eigenvalue weighted by atomic mass is 9.68. The number of hydrogen-bond acceptors (Lipinski definition) is 3. The van der Waals surface area contributed by atoms with Crippen LogP contribution in [0.5, 0.6) is 0 Å². The van der Waals surface area contributed by atoms with Crippen molar-refractivity contribution in [3.8, 4) is 17.2 Å². The fraction of sp³-hybridized carbons (Fsp3) is 0.519. The molecule has 158 valence electrons. The van der Waals surface area contributed by atoms with Crippen molar-refractivity contribution in [2.75, 3.05) is 13.2 Å². The average molecular weight is 404 g/mol. The molecule has 0 radical (unpaired) electrons. The second-order valence-electron chi connectivity index (χ2n) is 9.04. The summed E-state index contributed by atoms with van der Waals surface area (Å²) < 4.78 is 11.8. The summed E-state index contributed by atoms with van der Waals surface area (Å²) in [6.45, 7) is 5.88. The maximum Gasteiger partial charge on any atom is 0.183 e. The first kappa shape index (κ1) is 21.1. The topological polar surface area (TPSA) is 42.2 Å². The van der Waals surface area contributed by atoms with Crippen molar-refractivity contribution in [1.29, 1.82) is 5.26 Å². The van der Waals surface area contributed by atoms with Crippen LogP contribution in [-0.4, -0.2) is 13.2 Å². The Morgan fingerprint density at radius 1 is 0.867 bits per heavy atom. The van der Waals surface area contributed by atoms with Gasteiger partial charge in [0.15, 0.2) is 6.29 Å². The average Bonchev–Trinajstić information content (AvgIpc) is 2.84. The predicted molar refractivity (Wildman–Crippen MR) is 120 cm³/mol. The van der Waals surface area contributed by atoms with Crippen LogP contribution in [0.25, 0.3) is 11.1 Å². The highest BCUT2D eigenvalue weighted by atomic mass is 16.7. The molecule has 1 saturated heterocycles. The number of hydrogen-bond donors (Lipinski definition) is 0. The molecule has 3 heteroatoms. The summed E-state index contributed by atoms with van der Waals surface area (Å²) in [4.78, 5) is 0. The molecule has 0 bridgehead atoms. The Morgan fingerprint density at radius 3 is 1.87 bits per heavy atom. The third-order valence-corrected chi connectivity index (χ3v) is 7.30. The minimum Gasteiger partial charge on any atom is -0.348 e. The highest BCUT2D eigenvalue weighted by Crippen LogP contribution is 2.44. The molecule has 0 spiro atoms. The van der Waals surface area contributed by atoms with Crippen LogP contribution in [0.4, 0.5) is 0 Å². The fourth-order valence-corrected chi connectivity index (χ4v) is 4.80. The van der Waals surface area contributed by atoms with Gasteiger partial charge >= 0.3 is 0 Å². The molecule has 1 saturated carbocycles. The van der Waals surface area contributed by atoms with Crippen molar-refractivity contribution in [3.63, 3.8) is 0 Å². The van der Waals surface area contributed by atoms with Gasteiger partial charge < -0.3 is 9.47 Å². The molecular weight excluding hydrogens is 370 g/mol. The lowest BCUT2D eigenvalue weighted by Crippen LogP contribution is -2.26. The number of benzene rings is 2. The number of ether oxygens (including phenoxy) is 2. The first-order valence-corrected chi connectivity index (χ1v) is 11.5. The molecule has 1 heterocycles. The molecule has 2 aromatic carbocycles. The van der Waals surface area contributed by atoms with Crippen molar-refractivity contribution in [1.82, 2.24) is 0 Å². The van der Waals surface area contributed by atoms with Crippen molar-refractivity contribution in [2.24, 2.45) is 11.3 Å². The van der Waals surface area contributed by atoms with Crippen LogP contribution >= 0.6 is 0 Å². The van der Waals surface area contributed by atoms with Gasteiger partial charge in [0, 0.05) is 11.5 Å². The van der Waals surface area contributed by atoms with E-state index in [-0.39, 0.29) is 11.7 Å². The lowest BCUT2D eigenvalue weighted by molar-refractivity contribution is -0.205. The van der Waals surface area contributed by atoms with Crippen molar-refractivity contribution >= 4 is 0 Å². The molecule has 1 aliphatic carbocycles. The van der Waals surface area contributed by atoms with Crippen LogP contribution in [0.1, 0.15) is 75.7 Å². The molecular formula is C27H33NO2. The summed E-state index contributed by atoms with van der Waals surface area (Å²) in [6, 6.07) is 20.2. The summed E-state index contributed by atoms with van der Waals surface area (Å²) >= 11 is 0. The quantitative estimate of drug-likeness (QED) is 0.539. The van der Waals surface area contributed by atoms with Crippen LogP contribution in [0.2, 0.25) is 0 Å². The van der Waals surface area contributed by atoms with Gasteiger partial charge in [-0.3, -0.25) is 0 Å². The van der Waals surface area contributed by atoms with Gasteiger partial charge in [0.25, 0.3) is 0 Å². The molecule has 2 fully saturated rings. The normalized spacial score (nSPS) is 29.3. The maximum atomic E-state index is 9.52. The molecule has 2 aromatic rings. The Morgan fingerprint density at radius 2 is 1.40 bits per heavy atom. The van der Waals surface area contributed by atoms with Crippen LogP contribution in [0.3, 0.4) is 0 Å². The molecule has 30 heavy (non-hydrogen) atoms. The van der Waals surface area contributed by atoms with E-state index < -0.39 is 0 Å². The van der Waals surface area contributed by atoms with Crippen LogP contribution in [0, 0.1) is 22.7 Å². The summed E-state index contributed by atoms with van der Waals surface area (Å²) in [5.74, 6) is 1.10. The standard InChI is InChI=1S/C27H33NO2/c1-3-20-17-29-26(30-18-20)25-11-9-22(10-12-25)21-5-7-23(8-6-21)24-13-15-27(4-2,19-28)16-14-24/h5-12,20,24,26H,3-4,13-18H2,1-2H3. The van der Waals surface area contributed by atoms with Gasteiger partial charge in [-0.15, -0.1) is 0 Å². The molecule has 1 aliphatic heterocycles. The first-order chi connectivity index (χ1) is 14.7. The Labute approximate surface area is 181 Å². The highest BCUT2D eigenvalue weighted by Gasteiger charge is 2.34. The minimum atomic E-state index is -0.237. The number of rotatable bonds is 5. The number of nitrogens with zero attached hydrogens (tertiary/aromatic N) is 1. The van der Waals surface area contributed by atoms with E-state index in [4.69, 9.17) is 9.47 Å². The van der Waals surface area contributed by atoms with Gasteiger partial charge in [-0.05, 0) is 61.1 Å². The smallest absolute Gasteiger partial charge is 0.183 e. The van der Waals surface area contributed by atoms with E-state index in [2.05, 4.69) is 68.4 Å². The molecule has 0 N–H and O–H groups in total. The molecule has 3 nitrogen and oxygen atoms in total. The van der Waals surface area contributed by atoms with Crippen molar-refractivity contribution in [2.45, 2.75) is 64.6 Å². The van der Waals surface area contributed by atoms with Gasteiger partial charge in [0.1, 0.15) is 0 Å². The third kappa shape index (κ3) is 4.46. The van der Waals surface area contributed by atoms with Gasteiger partial charge in [-0.25, -0.2) is 0 Å². The zero-order valence-electron chi connectivity index (χ0n) is 18.3. The lowest BCUT2D eigenvalue weighted by Gasteiger charge is -2.34. The Bertz CT molecular complexity index is 849. The van der Waals surface area contributed by atoms with E-state index in [1.54, 1.807) is 0 Å². The zero-order chi connectivity index (χ0) is 21.0. The maximum absolute atomic E-state index is 9.52. The van der Waals surface area contributed by atoms with Gasteiger partial charge in [-0.2, -0.15) is 5.26 Å². The molecule has 0 atom stereocenters. The Hall–Kier alpha value is -2.15. The summed E-state index contributed by atoms with van der Waals surface area (Å²) in [5, 5.41) is 9.52. The molecule has 0 amide bonds. The molecule has 0 unspecified atom stereocenters. The fourth-order valence-electron chi connectivity index (χ4n) is 4.80. The molecule has 2 aliphatic rings. The number of nitriles is 1. The van der Waals surface area contributed by atoms with Crippen LogP contribution in [0.15, 0.2) is 48.5 Å². The van der Waals surface area contributed by atoms with Gasteiger partial charge in [0.05, 0.1) is 24.7 Å². The first-order valence-electron chi connectivity index (χ1n) is 11.5. The molecule has 4 rings (SSSR count). The SMILES string of the molecule is CCC1COC(c2ccc(-c3ccc(C4CCC(C#N)(CC)CC4)cc3)cc2)OC1. The van der Waals surface area contributed by atoms with E-state index in [0.717, 1.165) is 57.3 Å². The zero-order valence-corrected chi connectivity index (χ0v) is 18.3. The largest absolute Gasteiger partial charge is 0.348 e. The van der Waals surface area contributed by atoms with Crippen LogP contribution in [-0.2, 0) is 9.47 Å². The van der Waals surface area contributed by atoms with E-state index in [0.29, 0.717) is 11.8 Å².